The largest absolute Gasteiger partial charge is 0.337 e. The molecule has 0 saturated carbocycles. The summed E-state index contributed by atoms with van der Waals surface area (Å²) < 4.78 is 0. The molecule has 0 aliphatic carbocycles. The van der Waals surface area contributed by atoms with Crippen molar-refractivity contribution in [3.63, 3.8) is 0 Å². The van der Waals surface area contributed by atoms with E-state index in [2.05, 4.69) is 16.2 Å². The summed E-state index contributed by atoms with van der Waals surface area (Å²) in [4.78, 5) is 21.9. The predicted molar refractivity (Wildman–Crippen MR) is 67.0 cm³/mol. The molecule has 0 aliphatic rings. The van der Waals surface area contributed by atoms with Gasteiger partial charge in [0.25, 0.3) is 0 Å². The number of hydrazine groups is 1. The van der Waals surface area contributed by atoms with Gasteiger partial charge in [-0.2, -0.15) is 0 Å². The van der Waals surface area contributed by atoms with E-state index in [0.717, 1.165) is 5.56 Å². The van der Waals surface area contributed by atoms with Crippen molar-refractivity contribution in [2.45, 2.75) is 6.92 Å². The average molecular weight is 248 g/mol. The topological polar surface area (TPSA) is 90.1 Å². The number of nitrogens with one attached hydrogen (secondary N) is 3. The molecule has 3 amide bonds. The standard InChI is InChI=1S/C12H14N3O3/c1-9(17)14-15-12(18)13-11-6-2-4-10(8-11)5-3-7-16/h2-6,8H,7H2,1H3,(H,14,17)(H2,13,15,18)/b5-3+. The molecule has 1 aromatic rings. The Hall–Kier alpha value is -2.34. The minimum Gasteiger partial charge on any atom is -0.307 e. The number of hydrogen-bond donors (Lipinski definition) is 3. The molecule has 0 heterocycles. The van der Waals surface area contributed by atoms with Crippen molar-refractivity contribution >= 4 is 23.7 Å². The molecule has 0 bridgehead atoms. The first-order valence-corrected chi connectivity index (χ1v) is 5.30. The number of urea groups is 1. The molecule has 0 spiro atoms. The molecule has 3 N–H and O–H groups in total. The van der Waals surface area contributed by atoms with Gasteiger partial charge in [0.15, 0.2) is 0 Å². The highest BCUT2D eigenvalue weighted by atomic mass is 16.2. The summed E-state index contributed by atoms with van der Waals surface area (Å²) in [6, 6.07) is 6.42. The van der Waals surface area contributed by atoms with E-state index in [1.807, 2.05) is 6.07 Å². The minimum atomic E-state index is -0.546. The molecule has 0 saturated heterocycles. The Morgan fingerprint density at radius 3 is 2.72 bits per heavy atom. The fourth-order valence-corrected chi connectivity index (χ4v) is 1.21. The molecule has 0 aliphatic heterocycles. The lowest BCUT2D eigenvalue weighted by Gasteiger charge is -2.07. The van der Waals surface area contributed by atoms with Crippen LogP contribution < -0.4 is 16.2 Å². The molecule has 0 aromatic heterocycles. The van der Waals surface area contributed by atoms with Gasteiger partial charge in [-0.3, -0.25) is 10.2 Å². The van der Waals surface area contributed by atoms with Gasteiger partial charge in [0.2, 0.25) is 5.91 Å². The van der Waals surface area contributed by atoms with Crippen molar-refractivity contribution in [3.8, 4) is 0 Å². The zero-order valence-corrected chi connectivity index (χ0v) is 9.90. The summed E-state index contributed by atoms with van der Waals surface area (Å²) in [7, 11) is 0. The Kier molecular flexibility index (Phi) is 5.40. The summed E-state index contributed by atoms with van der Waals surface area (Å²) in [6.45, 7) is 0.995. The van der Waals surface area contributed by atoms with Gasteiger partial charge < -0.3 is 5.32 Å². The Morgan fingerprint density at radius 1 is 1.28 bits per heavy atom. The summed E-state index contributed by atoms with van der Waals surface area (Å²) in [5.74, 6) is -0.364. The molecule has 1 aromatic carbocycles. The molecule has 6 nitrogen and oxygen atoms in total. The lowest BCUT2D eigenvalue weighted by molar-refractivity contribution is -0.119. The maximum atomic E-state index is 11.3. The second-order valence-electron chi connectivity index (χ2n) is 3.45. The van der Waals surface area contributed by atoms with Crippen LogP contribution in [0.4, 0.5) is 10.5 Å². The van der Waals surface area contributed by atoms with Gasteiger partial charge in [-0.25, -0.2) is 15.3 Å². The van der Waals surface area contributed by atoms with Crippen LogP contribution in [0.15, 0.2) is 30.3 Å². The zero-order valence-electron chi connectivity index (χ0n) is 9.90. The SMILES string of the molecule is CC(=O)NNC(=O)Nc1cccc(/C=C/C[O])c1. The van der Waals surface area contributed by atoms with E-state index in [4.69, 9.17) is 0 Å². The van der Waals surface area contributed by atoms with Crippen molar-refractivity contribution in [3.05, 3.63) is 35.9 Å². The summed E-state index contributed by atoms with van der Waals surface area (Å²) in [6.07, 6.45) is 3.15. The van der Waals surface area contributed by atoms with Crippen LogP contribution in [0.2, 0.25) is 0 Å². The number of carbonyl (C=O) groups is 2. The van der Waals surface area contributed by atoms with Crippen LogP contribution in [0.5, 0.6) is 0 Å². The lowest BCUT2D eigenvalue weighted by atomic mass is 10.2. The van der Waals surface area contributed by atoms with E-state index in [1.54, 1.807) is 24.3 Å². The first kappa shape index (κ1) is 13.7. The third kappa shape index (κ3) is 5.13. The third-order valence-corrected chi connectivity index (χ3v) is 1.90. The molecule has 0 unspecified atom stereocenters. The van der Waals surface area contributed by atoms with Crippen molar-refractivity contribution in [1.29, 1.82) is 0 Å². The Morgan fingerprint density at radius 2 is 2.06 bits per heavy atom. The zero-order chi connectivity index (χ0) is 13.4. The minimum absolute atomic E-state index is 0.291. The Balaban J connectivity index is 2.58. The number of hydrogen-bond acceptors (Lipinski definition) is 2. The lowest BCUT2D eigenvalue weighted by Crippen LogP contribution is -2.42. The Bertz CT molecular complexity index is 458. The Labute approximate surface area is 105 Å². The van der Waals surface area contributed by atoms with Crippen molar-refractivity contribution in [2.75, 3.05) is 11.9 Å². The normalized spacial score (nSPS) is 10.1. The highest BCUT2D eigenvalue weighted by molar-refractivity contribution is 5.90. The summed E-state index contributed by atoms with van der Waals surface area (Å²) in [5, 5.41) is 12.8. The van der Waals surface area contributed by atoms with E-state index >= 15 is 0 Å². The van der Waals surface area contributed by atoms with Gasteiger partial charge in [0.1, 0.15) is 6.61 Å². The number of carbonyl (C=O) groups excluding carboxylic acids is 2. The molecule has 1 rings (SSSR count). The van der Waals surface area contributed by atoms with Crippen LogP contribution in [-0.4, -0.2) is 18.5 Å². The van der Waals surface area contributed by atoms with E-state index in [0.29, 0.717) is 5.69 Å². The van der Waals surface area contributed by atoms with Crippen LogP contribution >= 0.6 is 0 Å². The first-order chi connectivity index (χ1) is 8.61. The second-order valence-corrected chi connectivity index (χ2v) is 3.45. The van der Waals surface area contributed by atoms with Crippen LogP contribution in [0, 0.1) is 0 Å². The maximum absolute atomic E-state index is 11.3. The van der Waals surface area contributed by atoms with Crippen molar-refractivity contribution in [1.82, 2.24) is 10.9 Å². The highest BCUT2D eigenvalue weighted by Gasteiger charge is 2.01. The molecule has 95 valence electrons. The van der Waals surface area contributed by atoms with E-state index < -0.39 is 6.03 Å². The summed E-state index contributed by atoms with van der Waals surface area (Å²) in [5.41, 5.74) is 5.70. The number of benzene rings is 1. The van der Waals surface area contributed by atoms with Crippen LogP contribution in [0.1, 0.15) is 12.5 Å². The van der Waals surface area contributed by atoms with Gasteiger partial charge in [-0.1, -0.05) is 24.3 Å². The molecule has 18 heavy (non-hydrogen) atoms. The molecular weight excluding hydrogens is 234 g/mol. The number of amides is 3. The predicted octanol–water partition coefficient (Wildman–Crippen LogP) is 1.30. The molecule has 6 heteroatoms. The third-order valence-electron chi connectivity index (χ3n) is 1.90. The average Bonchev–Trinajstić information content (AvgIpc) is 2.34. The van der Waals surface area contributed by atoms with Crippen LogP contribution in [0.25, 0.3) is 6.08 Å². The number of anilines is 1. The highest BCUT2D eigenvalue weighted by Crippen LogP contribution is 2.11. The molecular formula is C12H14N3O3. The van der Waals surface area contributed by atoms with Crippen molar-refractivity contribution in [2.24, 2.45) is 0 Å². The maximum Gasteiger partial charge on any atom is 0.337 e. The number of rotatable bonds is 3. The van der Waals surface area contributed by atoms with E-state index in [-0.39, 0.29) is 12.5 Å². The van der Waals surface area contributed by atoms with Gasteiger partial charge in [-0.15, -0.1) is 0 Å². The van der Waals surface area contributed by atoms with Gasteiger partial charge in [-0.05, 0) is 17.7 Å². The van der Waals surface area contributed by atoms with Crippen molar-refractivity contribution < 1.29 is 14.7 Å². The van der Waals surface area contributed by atoms with Gasteiger partial charge in [0, 0.05) is 12.6 Å². The fraction of sp³-hybridized carbons (Fsp3) is 0.167. The first-order valence-electron chi connectivity index (χ1n) is 5.30. The summed E-state index contributed by atoms with van der Waals surface area (Å²) >= 11 is 0. The van der Waals surface area contributed by atoms with Gasteiger partial charge >= 0.3 is 6.03 Å². The molecule has 0 fully saturated rings. The fourth-order valence-electron chi connectivity index (χ4n) is 1.21. The second kappa shape index (κ2) is 7.08. The van der Waals surface area contributed by atoms with E-state index in [1.165, 1.54) is 13.0 Å². The van der Waals surface area contributed by atoms with Gasteiger partial charge in [0.05, 0.1) is 0 Å². The van der Waals surface area contributed by atoms with Crippen LogP contribution in [-0.2, 0) is 9.90 Å². The van der Waals surface area contributed by atoms with E-state index in [9.17, 15) is 14.7 Å². The molecule has 1 radical (unpaired) electrons. The monoisotopic (exact) mass is 248 g/mol. The quantitative estimate of drug-likeness (QED) is 0.704. The molecule has 0 atom stereocenters. The van der Waals surface area contributed by atoms with Crippen LogP contribution in [0.3, 0.4) is 0 Å². The smallest absolute Gasteiger partial charge is 0.307 e.